The van der Waals surface area contributed by atoms with Crippen molar-refractivity contribution in [3.63, 3.8) is 0 Å². The van der Waals surface area contributed by atoms with Gasteiger partial charge in [-0.1, -0.05) is 12.8 Å². The maximum Gasteiger partial charge on any atom is 0.274 e. The second kappa shape index (κ2) is 6.41. The standard InChI is InChI=1S/C17H27N3O2/c1-12(2)20-11-9-14(18-20)17(22)19-10-5-7-15(19)13-6-3-4-8-16(13)21/h9,11-13,15-16,21H,3-8,10H2,1-2H3/t13-,15-,16+/m1/s1. The minimum atomic E-state index is -0.250. The molecule has 1 saturated carbocycles. The second-order valence-electron chi connectivity index (χ2n) is 7.00. The van der Waals surface area contributed by atoms with Crippen molar-refractivity contribution in [2.24, 2.45) is 5.92 Å². The van der Waals surface area contributed by atoms with Crippen molar-refractivity contribution in [1.82, 2.24) is 14.7 Å². The maximum atomic E-state index is 12.8. The molecule has 122 valence electrons. The lowest BCUT2D eigenvalue weighted by atomic mass is 9.80. The van der Waals surface area contributed by atoms with E-state index in [9.17, 15) is 9.90 Å². The van der Waals surface area contributed by atoms with Crippen LogP contribution in [0, 0.1) is 5.92 Å². The zero-order valence-electron chi connectivity index (χ0n) is 13.6. The van der Waals surface area contributed by atoms with Crippen molar-refractivity contribution in [2.45, 2.75) is 70.6 Å². The van der Waals surface area contributed by atoms with Crippen LogP contribution < -0.4 is 0 Å². The summed E-state index contributed by atoms with van der Waals surface area (Å²) in [4.78, 5) is 14.8. The fraction of sp³-hybridized carbons (Fsp3) is 0.765. The predicted molar refractivity (Wildman–Crippen MR) is 84.6 cm³/mol. The first-order chi connectivity index (χ1) is 10.6. The summed E-state index contributed by atoms with van der Waals surface area (Å²) in [5.41, 5.74) is 0.533. The Labute approximate surface area is 132 Å². The molecule has 0 spiro atoms. The molecule has 1 amide bonds. The van der Waals surface area contributed by atoms with Crippen molar-refractivity contribution in [3.8, 4) is 0 Å². The molecule has 2 fully saturated rings. The Hall–Kier alpha value is -1.36. The fourth-order valence-corrected chi connectivity index (χ4v) is 3.97. The van der Waals surface area contributed by atoms with Crippen LogP contribution in [0.5, 0.6) is 0 Å². The minimum absolute atomic E-state index is 0.0275. The molecule has 22 heavy (non-hydrogen) atoms. The van der Waals surface area contributed by atoms with Crippen LogP contribution in [0.1, 0.15) is 68.9 Å². The van der Waals surface area contributed by atoms with Crippen molar-refractivity contribution in [1.29, 1.82) is 0 Å². The Bertz CT molecular complexity index is 526. The van der Waals surface area contributed by atoms with Crippen LogP contribution in [0.4, 0.5) is 0 Å². The topological polar surface area (TPSA) is 58.4 Å². The molecule has 5 nitrogen and oxygen atoms in total. The van der Waals surface area contributed by atoms with E-state index in [1.165, 1.54) is 6.42 Å². The van der Waals surface area contributed by atoms with Gasteiger partial charge in [-0.15, -0.1) is 0 Å². The number of aliphatic hydroxyl groups is 1. The molecule has 0 aromatic carbocycles. The third kappa shape index (κ3) is 2.91. The molecule has 1 aromatic rings. The van der Waals surface area contributed by atoms with Crippen LogP contribution >= 0.6 is 0 Å². The number of rotatable bonds is 3. The first-order valence-electron chi connectivity index (χ1n) is 8.62. The Kier molecular flexibility index (Phi) is 4.52. The van der Waals surface area contributed by atoms with Crippen molar-refractivity contribution < 1.29 is 9.90 Å². The molecular formula is C17H27N3O2. The van der Waals surface area contributed by atoms with E-state index in [2.05, 4.69) is 18.9 Å². The molecule has 1 aromatic heterocycles. The summed E-state index contributed by atoms with van der Waals surface area (Å²) in [6.07, 6.45) is 7.86. The van der Waals surface area contributed by atoms with Gasteiger partial charge in [-0.2, -0.15) is 5.10 Å². The van der Waals surface area contributed by atoms with Gasteiger partial charge in [0.25, 0.3) is 5.91 Å². The first kappa shape index (κ1) is 15.5. The highest BCUT2D eigenvalue weighted by Gasteiger charge is 2.39. The number of carbonyl (C=O) groups is 1. The summed E-state index contributed by atoms with van der Waals surface area (Å²) >= 11 is 0. The van der Waals surface area contributed by atoms with Crippen molar-refractivity contribution in [3.05, 3.63) is 18.0 Å². The Morgan fingerprint density at radius 3 is 2.73 bits per heavy atom. The van der Waals surface area contributed by atoms with Crippen LogP contribution in [0.15, 0.2) is 12.3 Å². The largest absolute Gasteiger partial charge is 0.393 e. The summed E-state index contributed by atoms with van der Waals surface area (Å²) in [7, 11) is 0. The number of likely N-dealkylation sites (tertiary alicyclic amines) is 1. The third-order valence-electron chi connectivity index (χ3n) is 5.19. The van der Waals surface area contributed by atoms with E-state index in [-0.39, 0.29) is 30.0 Å². The number of hydrogen-bond acceptors (Lipinski definition) is 3. The van der Waals surface area contributed by atoms with Gasteiger partial charge in [-0.25, -0.2) is 0 Å². The molecule has 1 aliphatic heterocycles. The lowest BCUT2D eigenvalue weighted by Gasteiger charge is -2.37. The van der Waals surface area contributed by atoms with E-state index in [4.69, 9.17) is 0 Å². The van der Waals surface area contributed by atoms with Crippen LogP contribution in [0.25, 0.3) is 0 Å². The summed E-state index contributed by atoms with van der Waals surface area (Å²) < 4.78 is 1.83. The highest BCUT2D eigenvalue weighted by molar-refractivity contribution is 5.92. The number of aliphatic hydroxyl groups excluding tert-OH is 1. The molecule has 1 saturated heterocycles. The lowest BCUT2D eigenvalue weighted by molar-refractivity contribution is 0.0209. The molecule has 1 N–H and O–H groups in total. The predicted octanol–water partition coefficient (Wildman–Crippen LogP) is 2.62. The summed E-state index contributed by atoms with van der Waals surface area (Å²) in [5.74, 6) is 0.270. The Balaban J connectivity index is 1.75. The Morgan fingerprint density at radius 1 is 1.27 bits per heavy atom. The summed E-state index contributed by atoms with van der Waals surface area (Å²) in [6, 6.07) is 2.26. The zero-order valence-corrected chi connectivity index (χ0v) is 13.6. The van der Waals surface area contributed by atoms with Crippen LogP contribution in [0.3, 0.4) is 0 Å². The molecule has 0 radical (unpaired) electrons. The lowest BCUT2D eigenvalue weighted by Crippen LogP contribution is -2.45. The van der Waals surface area contributed by atoms with E-state index in [0.717, 1.165) is 38.6 Å². The molecule has 2 heterocycles. The number of nitrogens with zero attached hydrogens (tertiary/aromatic N) is 3. The zero-order chi connectivity index (χ0) is 15.7. The van der Waals surface area contributed by atoms with Crippen molar-refractivity contribution in [2.75, 3.05) is 6.54 Å². The van der Waals surface area contributed by atoms with Gasteiger partial charge in [0.2, 0.25) is 0 Å². The number of aromatic nitrogens is 2. The van der Waals surface area contributed by atoms with Crippen LogP contribution in [-0.2, 0) is 0 Å². The molecule has 3 atom stereocenters. The van der Waals surface area contributed by atoms with Crippen molar-refractivity contribution >= 4 is 5.91 Å². The first-order valence-corrected chi connectivity index (χ1v) is 8.62. The normalized spacial score (nSPS) is 29.3. The van der Waals surface area contributed by atoms with Gasteiger partial charge in [0.15, 0.2) is 0 Å². The fourth-order valence-electron chi connectivity index (χ4n) is 3.97. The summed E-state index contributed by atoms with van der Waals surface area (Å²) in [6.45, 7) is 4.90. The van der Waals surface area contributed by atoms with E-state index in [1.54, 1.807) is 0 Å². The molecule has 5 heteroatoms. The van der Waals surface area contributed by atoms with E-state index in [0.29, 0.717) is 5.69 Å². The highest BCUT2D eigenvalue weighted by atomic mass is 16.3. The monoisotopic (exact) mass is 305 g/mol. The quantitative estimate of drug-likeness (QED) is 0.934. The average Bonchev–Trinajstić information content (AvgIpc) is 3.16. The van der Waals surface area contributed by atoms with E-state index < -0.39 is 0 Å². The highest BCUT2D eigenvalue weighted by Crippen LogP contribution is 2.35. The molecule has 3 rings (SSSR count). The second-order valence-corrected chi connectivity index (χ2v) is 7.00. The smallest absolute Gasteiger partial charge is 0.274 e. The van der Waals surface area contributed by atoms with Crippen LogP contribution in [-0.4, -0.2) is 44.4 Å². The number of hydrogen-bond donors (Lipinski definition) is 1. The number of amides is 1. The molecule has 2 aliphatic rings. The van der Waals surface area contributed by atoms with E-state index >= 15 is 0 Å². The van der Waals surface area contributed by atoms with Gasteiger partial charge in [0.05, 0.1) is 6.10 Å². The van der Waals surface area contributed by atoms with Crippen LogP contribution in [0.2, 0.25) is 0 Å². The molecular weight excluding hydrogens is 278 g/mol. The molecule has 0 unspecified atom stereocenters. The van der Waals surface area contributed by atoms with Gasteiger partial charge >= 0.3 is 0 Å². The molecule has 1 aliphatic carbocycles. The summed E-state index contributed by atoms with van der Waals surface area (Å²) in [5, 5.41) is 14.7. The van der Waals surface area contributed by atoms with Gasteiger partial charge in [0.1, 0.15) is 5.69 Å². The van der Waals surface area contributed by atoms with Gasteiger partial charge in [-0.3, -0.25) is 9.48 Å². The van der Waals surface area contributed by atoms with E-state index in [1.807, 2.05) is 21.8 Å². The van der Waals surface area contributed by atoms with Gasteiger partial charge < -0.3 is 10.0 Å². The van der Waals surface area contributed by atoms with Gasteiger partial charge in [0, 0.05) is 30.7 Å². The maximum absolute atomic E-state index is 12.8. The SMILES string of the molecule is CC(C)n1ccc(C(=O)N2CCC[C@@H]2[C@H]2CCCC[C@@H]2O)n1. The third-order valence-corrected chi connectivity index (χ3v) is 5.19. The Morgan fingerprint density at radius 2 is 2.05 bits per heavy atom. The minimum Gasteiger partial charge on any atom is -0.393 e. The van der Waals surface area contributed by atoms with Gasteiger partial charge in [-0.05, 0) is 45.6 Å². The average molecular weight is 305 g/mol. The molecule has 0 bridgehead atoms. The number of carbonyl (C=O) groups excluding carboxylic acids is 1.